The first-order valence-electron chi connectivity index (χ1n) is 7.17. The first-order valence-corrected chi connectivity index (χ1v) is 7.99. The number of benzene rings is 1. The average molecular weight is 334 g/mol. The van der Waals surface area contributed by atoms with Crippen molar-refractivity contribution in [2.45, 2.75) is 26.8 Å². The van der Waals surface area contributed by atoms with Gasteiger partial charge in [-0.3, -0.25) is 4.79 Å². The van der Waals surface area contributed by atoms with E-state index in [0.29, 0.717) is 28.6 Å². The van der Waals surface area contributed by atoms with Gasteiger partial charge in [-0.25, -0.2) is 9.78 Å². The van der Waals surface area contributed by atoms with Gasteiger partial charge in [0.25, 0.3) is 5.91 Å². The largest absolute Gasteiger partial charge is 0.493 e. The van der Waals surface area contributed by atoms with Crippen molar-refractivity contribution in [2.75, 3.05) is 6.61 Å². The molecular formula is C16H18N2O4S. The van der Waals surface area contributed by atoms with Gasteiger partial charge < -0.3 is 15.2 Å². The Balaban J connectivity index is 2.17. The molecule has 1 heterocycles. The van der Waals surface area contributed by atoms with Crippen molar-refractivity contribution in [3.63, 3.8) is 0 Å². The third-order valence-electron chi connectivity index (χ3n) is 3.16. The Morgan fingerprint density at radius 1 is 1.39 bits per heavy atom. The number of amides is 1. The van der Waals surface area contributed by atoms with Crippen molar-refractivity contribution in [1.29, 1.82) is 0 Å². The molecule has 0 saturated carbocycles. The zero-order valence-corrected chi connectivity index (χ0v) is 13.9. The Morgan fingerprint density at radius 2 is 2.09 bits per heavy atom. The predicted molar refractivity (Wildman–Crippen MR) is 87.3 cm³/mol. The quantitative estimate of drug-likeness (QED) is 0.847. The number of ether oxygens (including phenoxy) is 1. The van der Waals surface area contributed by atoms with E-state index in [9.17, 15) is 9.59 Å². The highest BCUT2D eigenvalue weighted by Crippen LogP contribution is 2.25. The van der Waals surface area contributed by atoms with Gasteiger partial charge >= 0.3 is 5.97 Å². The van der Waals surface area contributed by atoms with Crippen molar-refractivity contribution in [2.24, 2.45) is 0 Å². The minimum atomic E-state index is -1.01. The van der Waals surface area contributed by atoms with Gasteiger partial charge in [0.15, 0.2) is 0 Å². The molecule has 0 saturated heterocycles. The summed E-state index contributed by atoms with van der Waals surface area (Å²) in [5, 5.41) is 12.5. The maximum Gasteiger partial charge on any atom is 0.347 e. The molecule has 0 aliphatic heterocycles. The van der Waals surface area contributed by atoms with E-state index in [1.807, 2.05) is 6.92 Å². The van der Waals surface area contributed by atoms with E-state index >= 15 is 0 Å². The zero-order chi connectivity index (χ0) is 17.0. The summed E-state index contributed by atoms with van der Waals surface area (Å²) in [6, 6.07) is 6.59. The summed E-state index contributed by atoms with van der Waals surface area (Å²) in [4.78, 5) is 27.9. The Bertz CT molecular complexity index is 727. The number of nitrogens with one attached hydrogen (secondary N) is 1. The molecule has 0 aliphatic carbocycles. The number of carboxylic acids is 1. The predicted octanol–water partition coefficient (Wildman–Crippen LogP) is 3.04. The third kappa shape index (κ3) is 3.87. The second kappa shape index (κ2) is 7.23. The minimum absolute atomic E-state index is 0.191. The lowest BCUT2D eigenvalue weighted by atomic mass is 10.1. The molecule has 0 bridgehead atoms. The Kier molecular flexibility index (Phi) is 5.33. The normalized spacial score (nSPS) is 11.8. The van der Waals surface area contributed by atoms with Gasteiger partial charge in [-0.15, -0.1) is 11.3 Å². The van der Waals surface area contributed by atoms with E-state index in [1.54, 1.807) is 38.1 Å². The van der Waals surface area contributed by atoms with E-state index in [-0.39, 0.29) is 10.8 Å². The molecule has 1 atom stereocenters. The molecule has 2 aromatic rings. The summed E-state index contributed by atoms with van der Waals surface area (Å²) in [7, 11) is 0. The van der Waals surface area contributed by atoms with Crippen LogP contribution in [0, 0.1) is 6.92 Å². The van der Waals surface area contributed by atoms with Gasteiger partial charge in [-0.2, -0.15) is 0 Å². The molecule has 6 nitrogen and oxygen atoms in total. The van der Waals surface area contributed by atoms with Crippen LogP contribution in [-0.4, -0.2) is 28.6 Å². The topological polar surface area (TPSA) is 88.5 Å². The SMILES string of the molecule is CCOc1ccccc1C(=O)NC(C)c1nc(C)c(C(=O)O)s1. The molecular weight excluding hydrogens is 316 g/mol. The second-order valence-corrected chi connectivity index (χ2v) is 5.93. The van der Waals surface area contributed by atoms with Gasteiger partial charge in [0.2, 0.25) is 0 Å². The van der Waals surface area contributed by atoms with Crippen molar-refractivity contribution < 1.29 is 19.4 Å². The molecule has 122 valence electrons. The molecule has 2 rings (SSSR count). The van der Waals surface area contributed by atoms with Gasteiger partial charge in [0, 0.05) is 0 Å². The van der Waals surface area contributed by atoms with E-state index in [4.69, 9.17) is 9.84 Å². The average Bonchev–Trinajstić information content (AvgIpc) is 2.90. The van der Waals surface area contributed by atoms with E-state index in [0.717, 1.165) is 11.3 Å². The molecule has 23 heavy (non-hydrogen) atoms. The van der Waals surface area contributed by atoms with Crippen LogP contribution in [0.15, 0.2) is 24.3 Å². The Labute approximate surface area is 138 Å². The number of aromatic nitrogens is 1. The fourth-order valence-electron chi connectivity index (χ4n) is 2.07. The number of hydrogen-bond donors (Lipinski definition) is 2. The molecule has 0 radical (unpaired) electrons. The molecule has 1 aromatic carbocycles. The molecule has 0 aliphatic rings. The van der Waals surface area contributed by atoms with Crippen LogP contribution in [0.5, 0.6) is 5.75 Å². The molecule has 0 spiro atoms. The van der Waals surface area contributed by atoms with Gasteiger partial charge in [0.05, 0.1) is 23.9 Å². The number of aryl methyl sites for hydroxylation is 1. The Morgan fingerprint density at radius 3 is 2.70 bits per heavy atom. The minimum Gasteiger partial charge on any atom is -0.493 e. The van der Waals surface area contributed by atoms with Gasteiger partial charge in [-0.05, 0) is 32.9 Å². The van der Waals surface area contributed by atoms with Gasteiger partial charge in [0.1, 0.15) is 15.6 Å². The maximum atomic E-state index is 12.4. The van der Waals surface area contributed by atoms with Crippen LogP contribution in [0.25, 0.3) is 0 Å². The first kappa shape index (κ1) is 17.0. The Hall–Kier alpha value is -2.41. The summed E-state index contributed by atoms with van der Waals surface area (Å²) < 4.78 is 5.45. The number of para-hydroxylation sites is 1. The summed E-state index contributed by atoms with van der Waals surface area (Å²) in [6.07, 6.45) is 0. The monoisotopic (exact) mass is 334 g/mol. The highest BCUT2D eigenvalue weighted by molar-refractivity contribution is 7.13. The van der Waals surface area contributed by atoms with Crippen molar-refractivity contribution >= 4 is 23.2 Å². The van der Waals surface area contributed by atoms with Crippen LogP contribution in [0.2, 0.25) is 0 Å². The number of carbonyl (C=O) groups is 2. The zero-order valence-electron chi connectivity index (χ0n) is 13.1. The fourth-order valence-corrected chi connectivity index (χ4v) is 2.98. The number of carboxylic acid groups (broad SMARTS) is 1. The highest BCUT2D eigenvalue weighted by atomic mass is 32.1. The summed E-state index contributed by atoms with van der Waals surface area (Å²) in [5.74, 6) is -0.779. The maximum absolute atomic E-state index is 12.4. The number of aromatic carboxylic acids is 1. The molecule has 1 aromatic heterocycles. The van der Waals surface area contributed by atoms with Crippen LogP contribution in [-0.2, 0) is 0 Å². The number of thiazole rings is 1. The van der Waals surface area contributed by atoms with Crippen molar-refractivity contribution in [1.82, 2.24) is 10.3 Å². The van der Waals surface area contributed by atoms with Gasteiger partial charge in [-0.1, -0.05) is 12.1 Å². The van der Waals surface area contributed by atoms with E-state index < -0.39 is 12.0 Å². The van der Waals surface area contributed by atoms with Crippen LogP contribution in [0.4, 0.5) is 0 Å². The van der Waals surface area contributed by atoms with Crippen LogP contribution < -0.4 is 10.1 Å². The standard InChI is InChI=1S/C16H18N2O4S/c1-4-22-12-8-6-5-7-11(12)14(19)17-10(3)15-18-9(2)13(23-15)16(20)21/h5-8,10H,4H2,1-3H3,(H,17,19)(H,20,21). The first-order chi connectivity index (χ1) is 10.9. The molecule has 7 heteroatoms. The summed E-state index contributed by atoms with van der Waals surface area (Å²) in [5.41, 5.74) is 0.890. The fraction of sp³-hybridized carbons (Fsp3) is 0.312. The van der Waals surface area contributed by atoms with E-state index in [2.05, 4.69) is 10.3 Å². The lowest BCUT2D eigenvalue weighted by Crippen LogP contribution is -2.27. The summed E-state index contributed by atoms with van der Waals surface area (Å²) in [6.45, 7) is 5.73. The molecule has 1 amide bonds. The molecule has 0 fully saturated rings. The highest BCUT2D eigenvalue weighted by Gasteiger charge is 2.20. The number of carbonyl (C=O) groups excluding carboxylic acids is 1. The third-order valence-corrected chi connectivity index (χ3v) is 4.49. The van der Waals surface area contributed by atoms with E-state index in [1.165, 1.54) is 0 Å². The van der Waals surface area contributed by atoms with Crippen LogP contribution in [0.3, 0.4) is 0 Å². The molecule has 2 N–H and O–H groups in total. The number of rotatable bonds is 6. The summed E-state index contributed by atoms with van der Waals surface area (Å²) >= 11 is 1.07. The van der Waals surface area contributed by atoms with Crippen LogP contribution >= 0.6 is 11.3 Å². The smallest absolute Gasteiger partial charge is 0.347 e. The van der Waals surface area contributed by atoms with Crippen molar-refractivity contribution in [3.05, 3.63) is 45.4 Å². The lowest BCUT2D eigenvalue weighted by Gasteiger charge is -2.14. The van der Waals surface area contributed by atoms with Crippen LogP contribution in [0.1, 0.15) is 50.6 Å². The van der Waals surface area contributed by atoms with Crippen molar-refractivity contribution in [3.8, 4) is 5.75 Å². The number of hydrogen-bond acceptors (Lipinski definition) is 5. The number of nitrogens with zero attached hydrogens (tertiary/aromatic N) is 1. The second-order valence-electron chi connectivity index (χ2n) is 4.90. The lowest BCUT2D eigenvalue weighted by molar-refractivity contribution is 0.0700. The molecule has 1 unspecified atom stereocenters.